The van der Waals surface area contributed by atoms with E-state index in [-0.39, 0.29) is 23.0 Å². The molecule has 192 valence electrons. The maximum atomic E-state index is 13.4. The molecule has 1 aliphatic carbocycles. The average Bonchev–Trinajstić information content (AvgIpc) is 3.55. The summed E-state index contributed by atoms with van der Waals surface area (Å²) in [5.74, 6) is 0.858. The number of alkyl halides is 3. The third-order valence-corrected chi connectivity index (χ3v) is 6.86. The highest BCUT2D eigenvalue weighted by Gasteiger charge is 2.31. The van der Waals surface area contributed by atoms with Gasteiger partial charge in [0.15, 0.2) is 16.5 Å². The number of aromatic nitrogens is 2. The van der Waals surface area contributed by atoms with Crippen LogP contribution in [0.1, 0.15) is 36.9 Å². The van der Waals surface area contributed by atoms with E-state index in [2.05, 4.69) is 9.72 Å². The fraction of sp³-hybridized carbons (Fsp3) is 0.259. The Morgan fingerprint density at radius 3 is 2.54 bits per heavy atom. The van der Waals surface area contributed by atoms with E-state index >= 15 is 0 Å². The monoisotopic (exact) mass is 528 g/mol. The van der Waals surface area contributed by atoms with Crippen molar-refractivity contribution in [1.29, 1.82) is 0 Å². The average molecular weight is 529 g/mol. The van der Waals surface area contributed by atoms with Crippen LogP contribution in [-0.2, 0) is 0 Å². The summed E-state index contributed by atoms with van der Waals surface area (Å²) in [6.45, 7) is 0. The summed E-state index contributed by atoms with van der Waals surface area (Å²) in [4.78, 5) is 18.5. The van der Waals surface area contributed by atoms with Gasteiger partial charge in [-0.05, 0) is 61.6 Å². The molecule has 2 aromatic heterocycles. The summed E-state index contributed by atoms with van der Waals surface area (Å²) in [6, 6.07) is 10.8. The lowest BCUT2D eigenvalue weighted by Crippen LogP contribution is -2.18. The molecule has 0 atom stereocenters. The van der Waals surface area contributed by atoms with Gasteiger partial charge in [-0.2, -0.15) is 0 Å². The highest BCUT2D eigenvalue weighted by molar-refractivity contribution is 7.15. The second kappa shape index (κ2) is 10.3. The Labute approximate surface area is 214 Å². The van der Waals surface area contributed by atoms with Gasteiger partial charge in [-0.3, -0.25) is 9.20 Å². The number of halogens is 3. The van der Waals surface area contributed by atoms with Crippen molar-refractivity contribution >= 4 is 28.4 Å². The van der Waals surface area contributed by atoms with E-state index in [9.17, 15) is 18.0 Å². The molecule has 6 nitrogen and oxygen atoms in total. The molecule has 4 aromatic rings. The van der Waals surface area contributed by atoms with Crippen molar-refractivity contribution in [3.63, 3.8) is 0 Å². The minimum atomic E-state index is -4.80. The van der Waals surface area contributed by atoms with Crippen molar-refractivity contribution < 1.29 is 27.4 Å². The van der Waals surface area contributed by atoms with Gasteiger partial charge >= 0.3 is 6.36 Å². The maximum absolute atomic E-state index is 13.4. The maximum Gasteiger partial charge on any atom is 0.573 e. The number of hydrogen-bond acceptors (Lipinski definition) is 6. The number of fused-ring (bicyclic) bond motifs is 1. The van der Waals surface area contributed by atoms with Crippen molar-refractivity contribution in [1.82, 2.24) is 9.38 Å². The van der Waals surface area contributed by atoms with Crippen LogP contribution in [0.15, 0.2) is 58.8 Å². The zero-order valence-corrected chi connectivity index (χ0v) is 20.6. The molecular formula is C27H23F3N2O4S. The first kappa shape index (κ1) is 24.9. The molecule has 2 heterocycles. The van der Waals surface area contributed by atoms with Gasteiger partial charge in [0, 0.05) is 17.1 Å². The third kappa shape index (κ3) is 5.48. The van der Waals surface area contributed by atoms with Crippen LogP contribution in [-0.4, -0.2) is 29.0 Å². The number of benzene rings is 2. The van der Waals surface area contributed by atoms with Gasteiger partial charge in [0.25, 0.3) is 5.56 Å². The molecule has 0 bridgehead atoms. The van der Waals surface area contributed by atoms with Gasteiger partial charge in [0.2, 0.25) is 0 Å². The van der Waals surface area contributed by atoms with Crippen LogP contribution < -0.4 is 19.8 Å². The number of ether oxygens (including phenoxy) is 3. The predicted molar refractivity (Wildman–Crippen MR) is 136 cm³/mol. The molecule has 5 rings (SSSR count). The summed E-state index contributed by atoms with van der Waals surface area (Å²) in [7, 11) is 1.59. The Morgan fingerprint density at radius 1 is 1.08 bits per heavy atom. The molecule has 0 N–H and O–H groups in total. The van der Waals surface area contributed by atoms with Gasteiger partial charge in [-0.15, -0.1) is 24.5 Å². The number of rotatable bonds is 7. The zero-order chi connectivity index (χ0) is 26.0. The molecule has 0 saturated heterocycles. The number of nitrogens with zero attached hydrogens (tertiary/aromatic N) is 2. The van der Waals surface area contributed by atoms with E-state index in [4.69, 9.17) is 9.47 Å². The molecule has 0 unspecified atom stereocenters. The van der Waals surface area contributed by atoms with Gasteiger partial charge in [0.05, 0.1) is 24.5 Å². The van der Waals surface area contributed by atoms with Gasteiger partial charge in [0.1, 0.15) is 5.75 Å². The molecular weight excluding hydrogens is 505 g/mol. The second-order valence-electron chi connectivity index (χ2n) is 8.54. The molecule has 0 aliphatic heterocycles. The van der Waals surface area contributed by atoms with Crippen LogP contribution >= 0.6 is 11.3 Å². The lowest BCUT2D eigenvalue weighted by atomic mass is 10.0. The topological polar surface area (TPSA) is 62.1 Å². The fourth-order valence-electron chi connectivity index (χ4n) is 4.40. The molecule has 1 aliphatic rings. The van der Waals surface area contributed by atoms with Gasteiger partial charge in [-0.1, -0.05) is 24.3 Å². The van der Waals surface area contributed by atoms with E-state index in [1.165, 1.54) is 40.0 Å². The molecule has 0 amide bonds. The standard InChI is InChI=1S/C27H23F3N2O4S/c1-34-22-8-4-5-18(24(22)35-19-6-2-3-7-19)11-14-21-23(25(33)32-15-16-37-26(32)31-21)17-9-12-20(13-10-17)36-27(28,29)30/h4-5,8-16,19H,2-3,6-7H2,1H3/b14-11+. The number of thiazole rings is 1. The zero-order valence-electron chi connectivity index (χ0n) is 19.8. The van der Waals surface area contributed by atoms with Crippen molar-refractivity contribution in [2.75, 3.05) is 7.11 Å². The van der Waals surface area contributed by atoms with Crippen LogP contribution in [0.25, 0.3) is 28.2 Å². The summed E-state index contributed by atoms with van der Waals surface area (Å²) >= 11 is 1.31. The van der Waals surface area contributed by atoms with Crippen molar-refractivity contribution in [2.24, 2.45) is 0 Å². The lowest BCUT2D eigenvalue weighted by Gasteiger charge is -2.18. The first-order valence-electron chi connectivity index (χ1n) is 11.7. The van der Waals surface area contributed by atoms with Gasteiger partial charge < -0.3 is 14.2 Å². The lowest BCUT2D eigenvalue weighted by molar-refractivity contribution is -0.274. The summed E-state index contributed by atoms with van der Waals surface area (Å²) in [5.41, 5.74) is 1.49. The predicted octanol–water partition coefficient (Wildman–Crippen LogP) is 6.82. The van der Waals surface area contributed by atoms with E-state index in [1.54, 1.807) is 24.8 Å². The Kier molecular flexibility index (Phi) is 6.92. The normalized spacial score (nSPS) is 14.5. The van der Waals surface area contributed by atoms with Crippen LogP contribution in [0.2, 0.25) is 0 Å². The fourth-order valence-corrected chi connectivity index (χ4v) is 5.12. The molecule has 1 saturated carbocycles. The Balaban J connectivity index is 1.56. The Bertz CT molecular complexity index is 1490. The first-order chi connectivity index (χ1) is 17.8. The van der Waals surface area contributed by atoms with E-state index in [0.29, 0.717) is 27.7 Å². The summed E-state index contributed by atoms with van der Waals surface area (Å²) in [6.07, 6.45) is 4.65. The van der Waals surface area contributed by atoms with Crippen molar-refractivity contribution in [2.45, 2.75) is 38.1 Å². The minimum Gasteiger partial charge on any atom is -0.493 e. The van der Waals surface area contributed by atoms with Crippen LogP contribution in [0, 0.1) is 0 Å². The highest BCUT2D eigenvalue weighted by Crippen LogP contribution is 2.36. The SMILES string of the molecule is COc1cccc(/C=C/c2nc3sccn3c(=O)c2-c2ccc(OC(F)(F)F)cc2)c1OC1CCCC1. The molecule has 0 radical (unpaired) electrons. The van der Waals surface area contributed by atoms with Crippen LogP contribution in [0.4, 0.5) is 13.2 Å². The van der Waals surface area contributed by atoms with Crippen LogP contribution in [0.5, 0.6) is 17.2 Å². The van der Waals surface area contributed by atoms with Crippen LogP contribution in [0.3, 0.4) is 0 Å². The number of hydrogen-bond donors (Lipinski definition) is 0. The summed E-state index contributed by atoms with van der Waals surface area (Å²) in [5, 5.41) is 1.75. The smallest absolute Gasteiger partial charge is 0.493 e. The largest absolute Gasteiger partial charge is 0.573 e. The number of para-hydroxylation sites is 1. The number of methoxy groups -OCH3 is 1. The first-order valence-corrected chi connectivity index (χ1v) is 12.6. The van der Waals surface area contributed by atoms with Crippen molar-refractivity contribution in [3.8, 4) is 28.4 Å². The summed E-state index contributed by atoms with van der Waals surface area (Å²) < 4.78 is 55.0. The van der Waals surface area contributed by atoms with E-state index < -0.39 is 6.36 Å². The second-order valence-corrected chi connectivity index (χ2v) is 9.41. The third-order valence-electron chi connectivity index (χ3n) is 6.11. The molecule has 37 heavy (non-hydrogen) atoms. The molecule has 0 spiro atoms. The minimum absolute atomic E-state index is 0.113. The van der Waals surface area contributed by atoms with E-state index in [1.807, 2.05) is 24.3 Å². The van der Waals surface area contributed by atoms with E-state index in [0.717, 1.165) is 31.2 Å². The Morgan fingerprint density at radius 2 is 1.84 bits per heavy atom. The molecule has 10 heteroatoms. The van der Waals surface area contributed by atoms with Gasteiger partial charge in [-0.25, -0.2) is 4.98 Å². The highest BCUT2D eigenvalue weighted by atomic mass is 32.1. The quantitative estimate of drug-likeness (QED) is 0.263. The van der Waals surface area contributed by atoms with Crippen molar-refractivity contribution in [3.05, 3.63) is 75.7 Å². The molecule has 1 fully saturated rings. The molecule has 2 aromatic carbocycles. The Hall–Kier alpha value is -3.79.